The van der Waals surface area contributed by atoms with Crippen molar-refractivity contribution in [2.24, 2.45) is 0 Å². The first kappa shape index (κ1) is 55.8. The molecular formula is C90H61BrN4O2. The number of aromatic nitrogens is 4. The molecule has 97 heavy (non-hydrogen) atoms. The van der Waals surface area contributed by atoms with Gasteiger partial charge in [0, 0.05) is 103 Å². The normalized spacial score (nSPS) is 13.6. The Bertz CT molecular complexity index is 6710. The van der Waals surface area contributed by atoms with Gasteiger partial charge in [-0.15, -0.1) is 0 Å². The Morgan fingerprint density at radius 2 is 0.701 bits per heavy atom. The first-order chi connectivity index (χ1) is 47.6. The molecule has 460 valence electrons. The second-order valence-electron chi connectivity index (χ2n) is 27.2. The standard InChI is InChI=1S/C45H30N2O.C30H18N2O.C15H13Br/c1-45(2)34-20-10-6-16-29(34)30-25-24-28(26-35(30)45)47-36-21-11-7-17-31(36)39-40-33-19-9-13-23-38(33)48-44(40)43-41(42(39)47)32-18-8-12-22-37(32)46(43)27-14-4-3-5-15-27;1-2-10-18(11-3-1)32-23-16-8-5-13-20(23)27-28-25(19-12-4-7-15-22(19)31-28)26-21-14-6-9-17-24(21)33-30(26)29(27)32;1-15(2)13-6-4-3-5-11(13)12-8-7-10(16)9-14(12)15/h3-26H,1-2H3;1-17,31H;3-9H,1-2H3. The lowest BCUT2D eigenvalue weighted by Gasteiger charge is -2.22. The second-order valence-corrected chi connectivity index (χ2v) is 28.1. The van der Waals surface area contributed by atoms with Crippen LogP contribution in [0.25, 0.3) is 170 Å². The number of hydrogen-bond donors (Lipinski definition) is 1. The lowest BCUT2D eigenvalue weighted by Crippen LogP contribution is -2.15. The topological polar surface area (TPSA) is 56.9 Å². The molecule has 0 fully saturated rings. The first-order valence-corrected chi connectivity index (χ1v) is 34.2. The number of hydrogen-bond acceptors (Lipinski definition) is 2. The quantitative estimate of drug-likeness (QED) is 0.192. The number of aromatic amines is 1. The van der Waals surface area contributed by atoms with E-state index >= 15 is 0 Å². The molecule has 7 heteroatoms. The third-order valence-corrected chi connectivity index (χ3v) is 21.8. The van der Waals surface area contributed by atoms with Gasteiger partial charge < -0.3 is 27.5 Å². The van der Waals surface area contributed by atoms with Crippen molar-refractivity contribution < 1.29 is 8.83 Å². The molecular weight excluding hydrogens is 1250 g/mol. The summed E-state index contributed by atoms with van der Waals surface area (Å²) in [6.45, 7) is 9.31. The van der Waals surface area contributed by atoms with E-state index in [1.165, 1.54) is 115 Å². The highest BCUT2D eigenvalue weighted by molar-refractivity contribution is 9.10. The van der Waals surface area contributed by atoms with Gasteiger partial charge in [0.1, 0.15) is 11.2 Å². The zero-order chi connectivity index (χ0) is 64.6. The Labute approximate surface area is 566 Å². The van der Waals surface area contributed by atoms with Crippen molar-refractivity contribution in [1.82, 2.24) is 18.7 Å². The molecule has 1 N–H and O–H groups in total. The Morgan fingerprint density at radius 1 is 0.299 bits per heavy atom. The number of H-pyrrole nitrogens is 1. The molecule has 6 heterocycles. The predicted molar refractivity (Wildman–Crippen MR) is 409 cm³/mol. The fourth-order valence-electron chi connectivity index (χ4n) is 17.1. The van der Waals surface area contributed by atoms with Crippen molar-refractivity contribution in [3.8, 4) is 39.3 Å². The third kappa shape index (κ3) is 7.83. The van der Waals surface area contributed by atoms with Crippen LogP contribution < -0.4 is 0 Å². The molecule has 0 saturated carbocycles. The summed E-state index contributed by atoms with van der Waals surface area (Å²) in [6, 6.07) is 104. The number of nitrogens with one attached hydrogen (secondary N) is 1. The van der Waals surface area contributed by atoms with Crippen molar-refractivity contribution in [3.05, 3.63) is 318 Å². The van der Waals surface area contributed by atoms with Crippen LogP contribution in [0.4, 0.5) is 0 Å². The fourth-order valence-corrected chi connectivity index (χ4v) is 17.5. The molecule has 0 bridgehead atoms. The minimum absolute atomic E-state index is 0.104. The van der Waals surface area contributed by atoms with Gasteiger partial charge in [-0.05, 0) is 129 Å². The molecule has 6 aromatic heterocycles. The summed E-state index contributed by atoms with van der Waals surface area (Å²) in [4.78, 5) is 3.77. The van der Waals surface area contributed by atoms with Gasteiger partial charge >= 0.3 is 0 Å². The number of fused-ring (bicyclic) bond motifs is 30. The lowest BCUT2D eigenvalue weighted by atomic mass is 9.82. The minimum atomic E-state index is -0.104. The summed E-state index contributed by atoms with van der Waals surface area (Å²) in [6.07, 6.45) is 0. The summed E-state index contributed by atoms with van der Waals surface area (Å²) in [5.41, 5.74) is 27.4. The van der Waals surface area contributed by atoms with Gasteiger partial charge in [-0.1, -0.05) is 250 Å². The van der Waals surface area contributed by atoms with Crippen LogP contribution in [0.5, 0.6) is 0 Å². The van der Waals surface area contributed by atoms with Crippen LogP contribution in [-0.2, 0) is 10.8 Å². The van der Waals surface area contributed by atoms with Crippen LogP contribution in [0.2, 0.25) is 0 Å². The summed E-state index contributed by atoms with van der Waals surface area (Å²) >= 11 is 3.56. The van der Waals surface area contributed by atoms with Gasteiger partial charge in [0.2, 0.25) is 0 Å². The summed E-state index contributed by atoms with van der Waals surface area (Å²) in [5, 5.41) is 14.4. The highest BCUT2D eigenvalue weighted by atomic mass is 79.9. The second kappa shape index (κ2) is 20.7. The van der Waals surface area contributed by atoms with E-state index in [2.05, 4.69) is 347 Å². The molecule has 0 amide bonds. The number of para-hydroxylation sites is 8. The average molecular weight is 1310 g/mol. The van der Waals surface area contributed by atoms with E-state index in [1.807, 2.05) is 6.07 Å². The van der Waals surface area contributed by atoms with E-state index in [1.54, 1.807) is 0 Å². The van der Waals surface area contributed by atoms with E-state index in [9.17, 15) is 0 Å². The maximum absolute atomic E-state index is 6.92. The zero-order valence-corrected chi connectivity index (χ0v) is 55.3. The maximum atomic E-state index is 6.92. The van der Waals surface area contributed by atoms with E-state index < -0.39 is 0 Å². The first-order valence-electron chi connectivity index (χ1n) is 33.4. The number of furan rings is 2. The van der Waals surface area contributed by atoms with Crippen LogP contribution in [0.1, 0.15) is 49.9 Å². The molecule has 0 unspecified atom stereocenters. The number of rotatable bonds is 3. The Hall–Kier alpha value is -11.6. The fraction of sp³-hybridized carbons (Fsp3) is 0.0667. The van der Waals surface area contributed by atoms with Gasteiger partial charge in [-0.25, -0.2) is 0 Å². The molecule has 22 rings (SSSR count). The van der Waals surface area contributed by atoms with Gasteiger partial charge in [0.15, 0.2) is 11.2 Å². The largest absolute Gasteiger partial charge is 0.454 e. The molecule has 0 radical (unpaired) electrons. The molecule has 20 aromatic rings. The lowest BCUT2D eigenvalue weighted by molar-refractivity contribution is 0.660. The molecule has 2 aliphatic carbocycles. The van der Waals surface area contributed by atoms with Crippen molar-refractivity contribution in [3.63, 3.8) is 0 Å². The Kier molecular flexibility index (Phi) is 11.9. The van der Waals surface area contributed by atoms with Crippen LogP contribution in [0, 0.1) is 0 Å². The van der Waals surface area contributed by atoms with Crippen LogP contribution in [0.15, 0.2) is 304 Å². The molecule has 2 aliphatic rings. The molecule has 0 saturated heterocycles. The molecule has 14 aromatic carbocycles. The Morgan fingerprint density at radius 3 is 1.27 bits per heavy atom. The zero-order valence-electron chi connectivity index (χ0n) is 53.7. The van der Waals surface area contributed by atoms with Crippen LogP contribution in [0.3, 0.4) is 0 Å². The van der Waals surface area contributed by atoms with Crippen molar-refractivity contribution in [2.75, 3.05) is 0 Å². The third-order valence-electron chi connectivity index (χ3n) is 21.3. The van der Waals surface area contributed by atoms with Crippen LogP contribution in [-0.4, -0.2) is 18.7 Å². The summed E-state index contributed by atoms with van der Waals surface area (Å²) < 4.78 is 22.0. The average Bonchev–Trinajstić information content (AvgIpc) is 1.53. The van der Waals surface area contributed by atoms with Crippen molar-refractivity contribution in [2.45, 2.75) is 38.5 Å². The molecule has 0 aliphatic heterocycles. The maximum Gasteiger partial charge on any atom is 0.160 e. The predicted octanol–water partition coefficient (Wildman–Crippen LogP) is 25.2. The monoisotopic (exact) mass is 1310 g/mol. The summed E-state index contributed by atoms with van der Waals surface area (Å²) in [7, 11) is 0. The number of halogens is 1. The van der Waals surface area contributed by atoms with Gasteiger partial charge in [-0.2, -0.15) is 0 Å². The van der Waals surface area contributed by atoms with E-state index in [0.717, 1.165) is 81.9 Å². The summed E-state index contributed by atoms with van der Waals surface area (Å²) in [5.74, 6) is 0. The van der Waals surface area contributed by atoms with Crippen molar-refractivity contribution >= 4 is 147 Å². The van der Waals surface area contributed by atoms with E-state index in [4.69, 9.17) is 8.83 Å². The van der Waals surface area contributed by atoms with Crippen LogP contribution >= 0.6 is 15.9 Å². The van der Waals surface area contributed by atoms with Gasteiger partial charge in [-0.3, -0.25) is 0 Å². The van der Waals surface area contributed by atoms with E-state index in [-0.39, 0.29) is 10.8 Å². The van der Waals surface area contributed by atoms with E-state index in [0.29, 0.717) is 0 Å². The highest BCUT2D eigenvalue weighted by Crippen LogP contribution is 2.54. The smallest absolute Gasteiger partial charge is 0.160 e. The van der Waals surface area contributed by atoms with Crippen molar-refractivity contribution in [1.29, 1.82) is 0 Å². The number of nitrogens with zero attached hydrogens (tertiary/aromatic N) is 3. The van der Waals surface area contributed by atoms with Gasteiger partial charge in [0.05, 0.1) is 38.6 Å². The number of benzene rings is 14. The highest BCUT2D eigenvalue weighted by Gasteiger charge is 2.38. The molecule has 0 spiro atoms. The molecule has 0 atom stereocenters. The SMILES string of the molecule is CC1(C)c2ccccc2-c2ccc(-n3c4ccccc4c4c5c6ccccc6oc5c5c(c6ccccc6n5-c5ccccc5)c43)cc21.CC1(C)c2ccccc2-c2ccc(Br)cc21.c1ccc(-n2c3ccccc3c3c4[nH]c5ccccc5c4c4c5ccccc5oc4c32)cc1. The minimum Gasteiger partial charge on any atom is -0.454 e. The Balaban J connectivity index is 0.000000112. The molecule has 6 nitrogen and oxygen atoms in total. The van der Waals surface area contributed by atoms with Gasteiger partial charge in [0.25, 0.3) is 0 Å².